The van der Waals surface area contributed by atoms with Crippen molar-refractivity contribution in [2.75, 3.05) is 20.3 Å². The van der Waals surface area contributed by atoms with Crippen molar-refractivity contribution in [2.24, 2.45) is 5.92 Å². The highest BCUT2D eigenvalue weighted by atomic mass is 16.5. The lowest BCUT2D eigenvalue weighted by molar-refractivity contribution is -0.00841. The molecule has 0 aromatic heterocycles. The summed E-state index contributed by atoms with van der Waals surface area (Å²) >= 11 is 0. The van der Waals surface area contributed by atoms with Crippen LogP contribution in [0.1, 0.15) is 50.5 Å². The van der Waals surface area contributed by atoms with E-state index in [1.165, 1.54) is 25.5 Å². The van der Waals surface area contributed by atoms with Gasteiger partial charge in [-0.25, -0.2) is 4.79 Å². The first-order chi connectivity index (χ1) is 11.7. The number of ether oxygens (including phenoxy) is 2. The SMILES string of the molecule is COC(=O)N1CC[C@H](C)[C@@H]1COC1CCC(c2ccccc2)CC1. The van der Waals surface area contributed by atoms with Crippen LogP contribution in [-0.2, 0) is 9.47 Å². The zero-order chi connectivity index (χ0) is 16.9. The Balaban J connectivity index is 1.47. The minimum Gasteiger partial charge on any atom is -0.453 e. The molecule has 1 aromatic carbocycles. The Labute approximate surface area is 145 Å². The average molecular weight is 331 g/mol. The number of methoxy groups -OCH3 is 1. The summed E-state index contributed by atoms with van der Waals surface area (Å²) in [5, 5.41) is 0. The molecule has 2 aliphatic rings. The van der Waals surface area contributed by atoms with Gasteiger partial charge in [-0.15, -0.1) is 0 Å². The molecule has 0 spiro atoms. The second-order valence-electron chi connectivity index (χ2n) is 7.21. The topological polar surface area (TPSA) is 38.8 Å². The van der Waals surface area contributed by atoms with Gasteiger partial charge in [0.2, 0.25) is 0 Å². The highest BCUT2D eigenvalue weighted by molar-refractivity contribution is 5.68. The van der Waals surface area contributed by atoms with Gasteiger partial charge in [-0.2, -0.15) is 0 Å². The molecule has 1 aliphatic carbocycles. The summed E-state index contributed by atoms with van der Waals surface area (Å²) in [6.07, 6.45) is 5.74. The van der Waals surface area contributed by atoms with Gasteiger partial charge in [-0.3, -0.25) is 0 Å². The molecule has 132 valence electrons. The summed E-state index contributed by atoms with van der Waals surface area (Å²) < 4.78 is 11.1. The number of carbonyl (C=O) groups is 1. The first-order valence-electron chi connectivity index (χ1n) is 9.20. The summed E-state index contributed by atoms with van der Waals surface area (Å²) in [6, 6.07) is 11.0. The Morgan fingerprint density at radius 2 is 1.83 bits per heavy atom. The van der Waals surface area contributed by atoms with E-state index >= 15 is 0 Å². The van der Waals surface area contributed by atoms with Crippen LogP contribution >= 0.6 is 0 Å². The monoisotopic (exact) mass is 331 g/mol. The minimum atomic E-state index is -0.222. The normalized spacial score (nSPS) is 30.3. The van der Waals surface area contributed by atoms with Crippen molar-refractivity contribution in [2.45, 2.75) is 57.1 Å². The number of nitrogens with zero attached hydrogens (tertiary/aromatic N) is 1. The summed E-state index contributed by atoms with van der Waals surface area (Å²) in [5.41, 5.74) is 1.46. The van der Waals surface area contributed by atoms with Crippen molar-refractivity contribution in [1.29, 1.82) is 0 Å². The minimum absolute atomic E-state index is 0.157. The van der Waals surface area contributed by atoms with Gasteiger partial charge in [0, 0.05) is 6.54 Å². The molecular weight excluding hydrogens is 302 g/mol. The third-order valence-electron chi connectivity index (χ3n) is 5.74. The van der Waals surface area contributed by atoms with Gasteiger partial charge in [-0.1, -0.05) is 37.3 Å². The van der Waals surface area contributed by atoms with E-state index in [1.54, 1.807) is 0 Å². The average Bonchev–Trinajstić information content (AvgIpc) is 3.01. The van der Waals surface area contributed by atoms with Crippen LogP contribution in [0.2, 0.25) is 0 Å². The summed E-state index contributed by atoms with van der Waals surface area (Å²) in [4.78, 5) is 13.7. The molecule has 2 atom stereocenters. The Bertz CT molecular complexity index is 525. The molecule has 0 radical (unpaired) electrons. The zero-order valence-corrected chi connectivity index (χ0v) is 14.8. The molecule has 1 saturated carbocycles. The molecule has 4 nitrogen and oxygen atoms in total. The molecule has 4 heteroatoms. The van der Waals surface area contributed by atoms with E-state index in [9.17, 15) is 4.79 Å². The summed E-state index contributed by atoms with van der Waals surface area (Å²) in [7, 11) is 1.45. The van der Waals surface area contributed by atoms with Crippen molar-refractivity contribution in [3.63, 3.8) is 0 Å². The number of rotatable bonds is 4. The van der Waals surface area contributed by atoms with Gasteiger partial charge in [0.05, 0.1) is 25.9 Å². The molecule has 2 fully saturated rings. The molecule has 1 saturated heterocycles. The number of hydrogen-bond donors (Lipinski definition) is 0. The highest BCUT2D eigenvalue weighted by Gasteiger charge is 2.36. The fourth-order valence-electron chi connectivity index (χ4n) is 4.13. The maximum absolute atomic E-state index is 11.9. The Kier molecular flexibility index (Phi) is 5.77. The molecule has 3 rings (SSSR count). The number of carbonyl (C=O) groups excluding carboxylic acids is 1. The molecule has 0 unspecified atom stereocenters. The first kappa shape index (κ1) is 17.3. The van der Waals surface area contributed by atoms with Crippen molar-refractivity contribution in [1.82, 2.24) is 4.90 Å². The molecule has 0 N–H and O–H groups in total. The first-order valence-corrected chi connectivity index (χ1v) is 9.20. The second kappa shape index (κ2) is 8.02. The second-order valence-corrected chi connectivity index (χ2v) is 7.21. The Hall–Kier alpha value is -1.55. The van der Waals surface area contributed by atoms with Gasteiger partial charge in [0.1, 0.15) is 0 Å². The number of benzene rings is 1. The van der Waals surface area contributed by atoms with Gasteiger partial charge in [0.25, 0.3) is 0 Å². The molecule has 1 heterocycles. The van der Waals surface area contributed by atoms with E-state index in [-0.39, 0.29) is 12.1 Å². The van der Waals surface area contributed by atoms with Gasteiger partial charge >= 0.3 is 6.09 Å². The zero-order valence-electron chi connectivity index (χ0n) is 14.8. The van der Waals surface area contributed by atoms with E-state index < -0.39 is 0 Å². The van der Waals surface area contributed by atoms with Crippen molar-refractivity contribution in [3.8, 4) is 0 Å². The molecule has 0 bridgehead atoms. The quantitative estimate of drug-likeness (QED) is 0.830. The predicted molar refractivity (Wildman–Crippen MR) is 94.1 cm³/mol. The van der Waals surface area contributed by atoms with Crippen LogP contribution in [0.5, 0.6) is 0 Å². The maximum atomic E-state index is 11.9. The molecule has 1 aliphatic heterocycles. The van der Waals surface area contributed by atoms with Gasteiger partial charge in [0.15, 0.2) is 0 Å². The maximum Gasteiger partial charge on any atom is 0.409 e. The highest BCUT2D eigenvalue weighted by Crippen LogP contribution is 2.34. The lowest BCUT2D eigenvalue weighted by atomic mass is 9.83. The molecule has 1 amide bonds. The van der Waals surface area contributed by atoms with Crippen LogP contribution in [0.25, 0.3) is 0 Å². The van der Waals surface area contributed by atoms with Crippen molar-refractivity contribution in [3.05, 3.63) is 35.9 Å². The lowest BCUT2D eigenvalue weighted by Crippen LogP contribution is -2.41. The lowest BCUT2D eigenvalue weighted by Gasteiger charge is -2.32. The number of hydrogen-bond acceptors (Lipinski definition) is 3. The number of amides is 1. The van der Waals surface area contributed by atoms with Crippen LogP contribution < -0.4 is 0 Å². The van der Waals surface area contributed by atoms with E-state index in [0.717, 1.165) is 25.8 Å². The van der Waals surface area contributed by atoms with Crippen molar-refractivity contribution < 1.29 is 14.3 Å². The molecule has 24 heavy (non-hydrogen) atoms. The Morgan fingerprint density at radius 3 is 2.50 bits per heavy atom. The fraction of sp³-hybridized carbons (Fsp3) is 0.650. The molecular formula is C20H29NO3. The standard InChI is InChI=1S/C20H29NO3/c1-15-12-13-21(20(22)23-2)19(15)14-24-18-10-8-17(9-11-18)16-6-4-3-5-7-16/h3-7,15,17-19H,8-14H2,1-2H3/t15-,17?,18?,19-/m0/s1. The van der Waals surface area contributed by atoms with Crippen LogP contribution in [0, 0.1) is 5.92 Å². The van der Waals surface area contributed by atoms with Gasteiger partial charge < -0.3 is 14.4 Å². The van der Waals surface area contributed by atoms with Crippen LogP contribution in [0.4, 0.5) is 4.79 Å². The van der Waals surface area contributed by atoms with Crippen LogP contribution in [-0.4, -0.2) is 43.4 Å². The fourth-order valence-corrected chi connectivity index (χ4v) is 4.13. The van der Waals surface area contributed by atoms with Crippen LogP contribution in [0.15, 0.2) is 30.3 Å². The van der Waals surface area contributed by atoms with E-state index in [0.29, 0.717) is 24.5 Å². The van der Waals surface area contributed by atoms with E-state index in [4.69, 9.17) is 9.47 Å². The van der Waals surface area contributed by atoms with Gasteiger partial charge in [-0.05, 0) is 49.5 Å². The summed E-state index contributed by atoms with van der Waals surface area (Å²) in [5.74, 6) is 1.15. The third kappa shape index (κ3) is 3.92. The smallest absolute Gasteiger partial charge is 0.409 e. The van der Waals surface area contributed by atoms with Crippen LogP contribution in [0.3, 0.4) is 0 Å². The largest absolute Gasteiger partial charge is 0.453 e. The van der Waals surface area contributed by atoms with E-state index in [2.05, 4.69) is 37.3 Å². The van der Waals surface area contributed by atoms with E-state index in [1.807, 2.05) is 4.90 Å². The third-order valence-corrected chi connectivity index (χ3v) is 5.74. The summed E-state index contributed by atoms with van der Waals surface area (Å²) in [6.45, 7) is 3.61. The molecule has 1 aromatic rings. The van der Waals surface area contributed by atoms with Crippen molar-refractivity contribution >= 4 is 6.09 Å². The number of likely N-dealkylation sites (tertiary alicyclic amines) is 1. The predicted octanol–water partition coefficient (Wildman–Crippen LogP) is 4.21. The Morgan fingerprint density at radius 1 is 1.12 bits per heavy atom.